The summed E-state index contributed by atoms with van der Waals surface area (Å²) >= 11 is 1.63. The van der Waals surface area contributed by atoms with Gasteiger partial charge in [0.25, 0.3) is 0 Å². The lowest BCUT2D eigenvalue weighted by atomic mass is 10.2. The Morgan fingerprint density at radius 1 is 1.47 bits per heavy atom. The molecule has 2 aromatic heterocycles. The van der Waals surface area contributed by atoms with E-state index in [0.717, 1.165) is 18.7 Å². The highest BCUT2D eigenvalue weighted by Gasteiger charge is 2.25. The molecule has 19 heavy (non-hydrogen) atoms. The largest absolute Gasteiger partial charge is 0.376 e. The fraction of sp³-hybridized carbons (Fsp3) is 0.538. The van der Waals surface area contributed by atoms with Crippen LogP contribution in [0.5, 0.6) is 0 Å². The van der Waals surface area contributed by atoms with E-state index < -0.39 is 0 Å². The van der Waals surface area contributed by atoms with Crippen LogP contribution in [-0.2, 0) is 11.3 Å². The Bertz CT molecular complexity index is 526. The Morgan fingerprint density at radius 2 is 2.37 bits per heavy atom. The second-order valence-corrected chi connectivity index (χ2v) is 5.73. The number of thiophene rings is 1. The second kappa shape index (κ2) is 5.40. The molecule has 1 aliphatic heterocycles. The molecule has 0 radical (unpaired) electrons. The molecule has 0 amide bonds. The van der Waals surface area contributed by atoms with Gasteiger partial charge in [0.1, 0.15) is 0 Å². The van der Waals surface area contributed by atoms with E-state index in [1.165, 1.54) is 0 Å². The molecule has 3 rings (SSSR count). The third-order valence-corrected chi connectivity index (χ3v) is 4.01. The Labute approximate surface area is 116 Å². The second-order valence-electron chi connectivity index (χ2n) is 4.95. The minimum Gasteiger partial charge on any atom is -0.376 e. The predicted octanol–water partition coefficient (Wildman–Crippen LogP) is 2.41. The predicted molar refractivity (Wildman–Crippen MR) is 72.9 cm³/mol. The maximum Gasteiger partial charge on any atom is 0.241 e. The van der Waals surface area contributed by atoms with Crippen molar-refractivity contribution >= 4 is 11.3 Å². The molecule has 1 fully saturated rings. The summed E-state index contributed by atoms with van der Waals surface area (Å²) in [5, 5.41) is 8.06. The summed E-state index contributed by atoms with van der Waals surface area (Å²) in [7, 11) is 0. The molecule has 1 aliphatic rings. The van der Waals surface area contributed by atoms with Crippen molar-refractivity contribution in [2.24, 2.45) is 0 Å². The van der Waals surface area contributed by atoms with E-state index >= 15 is 0 Å². The Hall–Kier alpha value is -1.24. The van der Waals surface area contributed by atoms with Crippen molar-refractivity contribution in [3.05, 3.63) is 22.7 Å². The minimum atomic E-state index is 0.260. The molecule has 0 aliphatic carbocycles. The van der Waals surface area contributed by atoms with Crippen LogP contribution in [0, 0.1) is 0 Å². The van der Waals surface area contributed by atoms with Gasteiger partial charge < -0.3 is 9.26 Å². The number of nitrogens with zero attached hydrogens (tertiary/aromatic N) is 3. The monoisotopic (exact) mass is 279 g/mol. The summed E-state index contributed by atoms with van der Waals surface area (Å²) in [5.74, 6) is 1.34. The first kappa shape index (κ1) is 12.8. The van der Waals surface area contributed by atoms with Crippen LogP contribution < -0.4 is 0 Å². The number of hydrogen-bond acceptors (Lipinski definition) is 6. The van der Waals surface area contributed by atoms with Crippen LogP contribution in [0.3, 0.4) is 0 Å². The first-order valence-corrected chi connectivity index (χ1v) is 7.37. The third-order valence-electron chi connectivity index (χ3n) is 3.32. The summed E-state index contributed by atoms with van der Waals surface area (Å²) in [6.45, 7) is 6.58. The standard InChI is InChI=1S/C13H17N3O2S/c1-9-7-17-10(2)5-16(9)6-12-14-13(15-18-12)11-3-4-19-8-11/h3-4,8-10H,5-7H2,1-2H3/t9-,10+/m0/s1. The summed E-state index contributed by atoms with van der Waals surface area (Å²) in [6.07, 6.45) is 0.260. The maximum atomic E-state index is 5.62. The number of rotatable bonds is 3. The zero-order valence-corrected chi connectivity index (χ0v) is 11.9. The lowest BCUT2D eigenvalue weighted by Crippen LogP contribution is -2.46. The number of hydrogen-bond donors (Lipinski definition) is 0. The fourth-order valence-corrected chi connectivity index (χ4v) is 2.83. The molecule has 5 nitrogen and oxygen atoms in total. The fourth-order valence-electron chi connectivity index (χ4n) is 2.19. The van der Waals surface area contributed by atoms with Crippen LogP contribution in [0.4, 0.5) is 0 Å². The van der Waals surface area contributed by atoms with Gasteiger partial charge in [0.05, 0.1) is 19.3 Å². The molecule has 0 aromatic carbocycles. The lowest BCUT2D eigenvalue weighted by molar-refractivity contribution is -0.0555. The van der Waals surface area contributed by atoms with Crippen molar-refractivity contribution in [3.63, 3.8) is 0 Å². The minimum absolute atomic E-state index is 0.260. The Morgan fingerprint density at radius 3 is 3.16 bits per heavy atom. The molecular formula is C13H17N3O2S. The van der Waals surface area contributed by atoms with Crippen molar-refractivity contribution in [1.82, 2.24) is 15.0 Å². The van der Waals surface area contributed by atoms with E-state index in [1.54, 1.807) is 11.3 Å². The van der Waals surface area contributed by atoms with E-state index in [4.69, 9.17) is 9.26 Å². The Kier molecular flexibility index (Phi) is 3.63. The molecule has 3 heterocycles. The van der Waals surface area contributed by atoms with Crippen LogP contribution >= 0.6 is 11.3 Å². The van der Waals surface area contributed by atoms with Crippen molar-refractivity contribution in [1.29, 1.82) is 0 Å². The van der Waals surface area contributed by atoms with E-state index in [9.17, 15) is 0 Å². The van der Waals surface area contributed by atoms with Gasteiger partial charge in [0.2, 0.25) is 11.7 Å². The average Bonchev–Trinajstić information content (AvgIpc) is 3.04. The first-order valence-electron chi connectivity index (χ1n) is 6.43. The van der Waals surface area contributed by atoms with Gasteiger partial charge in [-0.15, -0.1) is 0 Å². The van der Waals surface area contributed by atoms with Gasteiger partial charge in [-0.1, -0.05) is 5.16 Å². The van der Waals surface area contributed by atoms with Crippen molar-refractivity contribution in [3.8, 4) is 11.4 Å². The highest BCUT2D eigenvalue weighted by atomic mass is 32.1. The van der Waals surface area contributed by atoms with Gasteiger partial charge in [-0.25, -0.2) is 0 Å². The van der Waals surface area contributed by atoms with Crippen molar-refractivity contribution in [2.75, 3.05) is 13.2 Å². The normalized spacial score (nSPS) is 24.7. The smallest absolute Gasteiger partial charge is 0.241 e. The topological polar surface area (TPSA) is 51.4 Å². The molecule has 2 aromatic rings. The van der Waals surface area contributed by atoms with Gasteiger partial charge in [-0.2, -0.15) is 16.3 Å². The molecule has 102 valence electrons. The maximum absolute atomic E-state index is 5.62. The van der Waals surface area contributed by atoms with Crippen LogP contribution in [-0.4, -0.2) is 40.3 Å². The van der Waals surface area contributed by atoms with Crippen molar-refractivity contribution in [2.45, 2.75) is 32.5 Å². The quantitative estimate of drug-likeness (QED) is 0.863. The van der Waals surface area contributed by atoms with Gasteiger partial charge >= 0.3 is 0 Å². The molecule has 0 spiro atoms. The van der Waals surface area contributed by atoms with E-state index in [1.807, 2.05) is 16.8 Å². The molecule has 6 heteroatoms. The van der Waals surface area contributed by atoms with Crippen LogP contribution in [0.25, 0.3) is 11.4 Å². The zero-order valence-electron chi connectivity index (χ0n) is 11.1. The molecule has 2 atom stereocenters. The SMILES string of the molecule is C[C@@H]1CN(Cc2nc(-c3ccsc3)no2)[C@@H](C)CO1. The molecule has 0 N–H and O–H groups in total. The summed E-state index contributed by atoms with van der Waals surface area (Å²) in [5.41, 5.74) is 1.02. The highest BCUT2D eigenvalue weighted by Crippen LogP contribution is 2.20. The molecule has 1 saturated heterocycles. The highest BCUT2D eigenvalue weighted by molar-refractivity contribution is 7.08. The summed E-state index contributed by atoms with van der Waals surface area (Å²) in [6, 6.07) is 2.38. The zero-order chi connectivity index (χ0) is 13.2. The van der Waals surface area contributed by atoms with E-state index in [0.29, 0.717) is 24.3 Å². The molecule has 0 bridgehead atoms. The van der Waals surface area contributed by atoms with E-state index in [2.05, 4.69) is 28.9 Å². The summed E-state index contributed by atoms with van der Waals surface area (Å²) in [4.78, 5) is 6.77. The summed E-state index contributed by atoms with van der Waals surface area (Å²) < 4.78 is 11.0. The van der Waals surface area contributed by atoms with Gasteiger partial charge in [0, 0.05) is 23.5 Å². The van der Waals surface area contributed by atoms with Gasteiger partial charge in [0.15, 0.2) is 0 Å². The number of aromatic nitrogens is 2. The number of morpholine rings is 1. The molecule has 0 saturated carbocycles. The lowest BCUT2D eigenvalue weighted by Gasteiger charge is -2.35. The van der Waals surface area contributed by atoms with Crippen LogP contribution in [0.15, 0.2) is 21.3 Å². The van der Waals surface area contributed by atoms with Crippen LogP contribution in [0.2, 0.25) is 0 Å². The average molecular weight is 279 g/mol. The first-order chi connectivity index (χ1) is 9.22. The van der Waals surface area contributed by atoms with Gasteiger partial charge in [-0.05, 0) is 25.3 Å². The van der Waals surface area contributed by atoms with Crippen LogP contribution in [0.1, 0.15) is 19.7 Å². The Balaban J connectivity index is 1.70. The number of ether oxygens (including phenoxy) is 1. The molecule has 0 unspecified atom stereocenters. The third kappa shape index (κ3) is 2.86. The van der Waals surface area contributed by atoms with Crippen molar-refractivity contribution < 1.29 is 9.26 Å². The molecular weight excluding hydrogens is 262 g/mol. The van der Waals surface area contributed by atoms with Gasteiger partial charge in [-0.3, -0.25) is 4.90 Å². The van der Waals surface area contributed by atoms with E-state index in [-0.39, 0.29) is 6.10 Å².